The molecule has 1 atom stereocenters. The lowest BCUT2D eigenvalue weighted by Crippen LogP contribution is -2.51. The molecule has 7 rings (SSSR count). The highest BCUT2D eigenvalue weighted by Gasteiger charge is 2.28. The van der Waals surface area contributed by atoms with Gasteiger partial charge in [0.2, 0.25) is 23.7 Å². The highest BCUT2D eigenvalue weighted by Crippen LogP contribution is 2.33. The molecular formula is C43H52N10O5. The van der Waals surface area contributed by atoms with Gasteiger partial charge in [0.25, 0.3) is 5.91 Å². The summed E-state index contributed by atoms with van der Waals surface area (Å²) in [5.41, 5.74) is 5.87. The number of methoxy groups -OCH3 is 1. The van der Waals surface area contributed by atoms with E-state index in [1.54, 1.807) is 38.4 Å². The number of hydrogen-bond acceptors (Lipinski definition) is 12. The van der Waals surface area contributed by atoms with Crippen LogP contribution in [0.15, 0.2) is 72.9 Å². The third kappa shape index (κ3) is 9.48. The summed E-state index contributed by atoms with van der Waals surface area (Å²) in [6.07, 6.45) is 4.53. The van der Waals surface area contributed by atoms with Crippen molar-refractivity contribution in [1.29, 1.82) is 0 Å². The number of benzene rings is 3. The molecule has 3 fully saturated rings. The Kier molecular flexibility index (Phi) is 12.4. The summed E-state index contributed by atoms with van der Waals surface area (Å²) in [6.45, 7) is 6.78. The van der Waals surface area contributed by atoms with Gasteiger partial charge in [-0.2, -0.15) is 4.98 Å². The number of carbonyl (C=O) groups excluding carboxylic acids is 4. The van der Waals surface area contributed by atoms with E-state index in [-0.39, 0.29) is 23.6 Å². The number of anilines is 6. The number of hydrogen-bond donors (Lipinski definition) is 4. The molecule has 15 nitrogen and oxygen atoms in total. The molecule has 4 N–H and O–H groups in total. The Morgan fingerprint density at radius 3 is 2.34 bits per heavy atom. The van der Waals surface area contributed by atoms with Crippen molar-refractivity contribution in [2.75, 3.05) is 87.9 Å². The van der Waals surface area contributed by atoms with Gasteiger partial charge < -0.3 is 35.4 Å². The van der Waals surface area contributed by atoms with Gasteiger partial charge in [-0.3, -0.25) is 29.4 Å². The number of carbonyl (C=O) groups is 4. The third-order valence-corrected chi connectivity index (χ3v) is 11.1. The van der Waals surface area contributed by atoms with Gasteiger partial charge in [0, 0.05) is 75.9 Å². The van der Waals surface area contributed by atoms with E-state index in [1.165, 1.54) is 5.56 Å². The van der Waals surface area contributed by atoms with Gasteiger partial charge in [0.15, 0.2) is 0 Å². The van der Waals surface area contributed by atoms with Crippen molar-refractivity contribution >= 4 is 58.1 Å². The summed E-state index contributed by atoms with van der Waals surface area (Å²) in [7, 11) is 5.08. The monoisotopic (exact) mass is 788 g/mol. The smallest absolute Gasteiger partial charge is 0.255 e. The molecule has 15 heteroatoms. The van der Waals surface area contributed by atoms with Crippen molar-refractivity contribution in [2.24, 2.45) is 0 Å². The first-order chi connectivity index (χ1) is 28.0. The standard InChI is InChI=1S/C43H52N10O5/c1-28-26-44-43(49-40(28)46-34-8-6-5-7-33(34)42(57)50(2)3)47-35-14-13-32(25-37(35)58-4)52-21-23-53(24-22-52)39(55)27-51-19-17-30(18-20-51)29-9-11-31(12-10-29)45-36-15-16-38(54)48-41(36)56/h5-14,25-26,30,36,45H,15-24,27H2,1-4H3,(H,48,54,56)(H2,44,46,47,49). The van der Waals surface area contributed by atoms with Crippen LogP contribution in [0.2, 0.25) is 0 Å². The molecule has 0 bridgehead atoms. The topological polar surface area (TPSA) is 164 Å². The van der Waals surface area contributed by atoms with Crippen molar-refractivity contribution in [2.45, 2.75) is 44.6 Å². The van der Waals surface area contributed by atoms with E-state index in [9.17, 15) is 19.2 Å². The van der Waals surface area contributed by atoms with Crippen LogP contribution in [0, 0.1) is 6.92 Å². The molecule has 3 aromatic carbocycles. The molecule has 3 saturated heterocycles. The fourth-order valence-electron chi connectivity index (χ4n) is 7.69. The summed E-state index contributed by atoms with van der Waals surface area (Å²) in [4.78, 5) is 67.0. The molecule has 1 aromatic heterocycles. The van der Waals surface area contributed by atoms with E-state index < -0.39 is 6.04 Å². The number of rotatable bonds is 12. The van der Waals surface area contributed by atoms with E-state index in [4.69, 9.17) is 9.72 Å². The highest BCUT2D eigenvalue weighted by molar-refractivity contribution is 6.01. The fourth-order valence-corrected chi connectivity index (χ4v) is 7.69. The van der Waals surface area contributed by atoms with Crippen LogP contribution in [0.25, 0.3) is 0 Å². The van der Waals surface area contributed by atoms with E-state index in [2.05, 4.69) is 48.2 Å². The minimum Gasteiger partial charge on any atom is -0.494 e. The van der Waals surface area contributed by atoms with Crippen LogP contribution in [0.4, 0.5) is 34.5 Å². The summed E-state index contributed by atoms with van der Waals surface area (Å²) >= 11 is 0. The number of para-hydroxylation sites is 1. The molecule has 1 unspecified atom stereocenters. The van der Waals surface area contributed by atoms with Gasteiger partial charge in [-0.1, -0.05) is 24.3 Å². The molecule has 4 heterocycles. The number of imide groups is 1. The average Bonchev–Trinajstić information content (AvgIpc) is 3.23. The van der Waals surface area contributed by atoms with Crippen molar-refractivity contribution in [1.82, 2.24) is 30.0 Å². The Bertz CT molecular complexity index is 2130. The number of amides is 4. The number of piperidine rings is 2. The maximum Gasteiger partial charge on any atom is 0.255 e. The van der Waals surface area contributed by atoms with Crippen molar-refractivity contribution < 1.29 is 23.9 Å². The maximum absolute atomic E-state index is 13.4. The summed E-state index contributed by atoms with van der Waals surface area (Å²) in [5.74, 6) is 1.58. The third-order valence-electron chi connectivity index (χ3n) is 11.1. The van der Waals surface area contributed by atoms with Crippen LogP contribution >= 0.6 is 0 Å². The van der Waals surface area contributed by atoms with Crippen LogP contribution in [-0.2, 0) is 14.4 Å². The minimum atomic E-state index is -0.399. The Morgan fingerprint density at radius 1 is 0.897 bits per heavy atom. The first-order valence-corrected chi connectivity index (χ1v) is 19.9. The second-order valence-corrected chi connectivity index (χ2v) is 15.3. The predicted octanol–water partition coefficient (Wildman–Crippen LogP) is 4.73. The normalized spacial score (nSPS) is 17.7. The van der Waals surface area contributed by atoms with Crippen LogP contribution < -0.4 is 30.9 Å². The van der Waals surface area contributed by atoms with Gasteiger partial charge in [-0.25, -0.2) is 4.98 Å². The lowest BCUT2D eigenvalue weighted by molar-refractivity contribution is -0.134. The summed E-state index contributed by atoms with van der Waals surface area (Å²) in [5, 5.41) is 12.2. The second-order valence-electron chi connectivity index (χ2n) is 15.3. The predicted molar refractivity (Wildman–Crippen MR) is 224 cm³/mol. The molecule has 304 valence electrons. The second kappa shape index (κ2) is 17.9. The average molecular weight is 789 g/mol. The number of piperazine rings is 1. The Morgan fingerprint density at radius 2 is 1.64 bits per heavy atom. The molecular weight excluding hydrogens is 737 g/mol. The van der Waals surface area contributed by atoms with Crippen molar-refractivity contribution in [3.8, 4) is 5.75 Å². The zero-order chi connectivity index (χ0) is 40.8. The lowest BCUT2D eigenvalue weighted by Gasteiger charge is -2.38. The zero-order valence-electron chi connectivity index (χ0n) is 33.6. The Balaban J connectivity index is 0.881. The number of aromatic nitrogens is 2. The maximum atomic E-state index is 13.4. The molecule has 0 aliphatic carbocycles. The number of aryl methyl sites for hydroxylation is 1. The van der Waals surface area contributed by atoms with Crippen LogP contribution in [0.3, 0.4) is 0 Å². The number of likely N-dealkylation sites (tertiary alicyclic amines) is 1. The van der Waals surface area contributed by atoms with E-state index in [1.807, 2.05) is 60.4 Å². The molecule has 58 heavy (non-hydrogen) atoms. The van der Waals surface area contributed by atoms with Crippen LogP contribution in [0.1, 0.15) is 53.1 Å². The molecule has 4 aromatic rings. The lowest BCUT2D eigenvalue weighted by atomic mass is 9.89. The molecule has 3 aliphatic heterocycles. The molecule has 0 spiro atoms. The number of nitrogens with zero attached hydrogens (tertiary/aromatic N) is 6. The summed E-state index contributed by atoms with van der Waals surface area (Å²) in [6, 6.07) is 21.2. The quantitative estimate of drug-likeness (QED) is 0.146. The van der Waals surface area contributed by atoms with Gasteiger partial charge in [-0.15, -0.1) is 0 Å². The highest BCUT2D eigenvalue weighted by atomic mass is 16.5. The first kappa shape index (κ1) is 40.0. The van der Waals surface area contributed by atoms with Gasteiger partial charge in [-0.05, 0) is 87.2 Å². The molecule has 3 aliphatic rings. The van der Waals surface area contributed by atoms with Gasteiger partial charge in [0.1, 0.15) is 17.6 Å². The van der Waals surface area contributed by atoms with Crippen LogP contribution in [-0.4, -0.2) is 121 Å². The van der Waals surface area contributed by atoms with Crippen molar-refractivity contribution in [3.63, 3.8) is 0 Å². The minimum absolute atomic E-state index is 0.108. The molecule has 4 amide bonds. The van der Waals surface area contributed by atoms with Crippen LogP contribution in [0.5, 0.6) is 5.75 Å². The zero-order valence-corrected chi connectivity index (χ0v) is 33.6. The molecule has 0 saturated carbocycles. The SMILES string of the molecule is COc1cc(N2CCN(C(=O)CN3CCC(c4ccc(NC5CCC(=O)NC5=O)cc4)CC3)CC2)ccc1Nc1ncc(C)c(Nc2ccccc2C(=O)N(C)C)n1. The summed E-state index contributed by atoms with van der Waals surface area (Å²) < 4.78 is 5.78. The Hall–Kier alpha value is -6.22. The van der Waals surface area contributed by atoms with E-state index in [0.717, 1.165) is 42.9 Å². The number of nitrogens with one attached hydrogen (secondary N) is 4. The molecule has 0 radical (unpaired) electrons. The Labute approximate surface area is 339 Å². The van der Waals surface area contributed by atoms with E-state index in [0.29, 0.717) is 85.9 Å². The first-order valence-electron chi connectivity index (χ1n) is 19.9. The fraction of sp³-hybridized carbons (Fsp3) is 0.395. The van der Waals surface area contributed by atoms with E-state index >= 15 is 0 Å². The van der Waals surface area contributed by atoms with Gasteiger partial charge >= 0.3 is 0 Å². The number of ether oxygens (including phenoxy) is 1. The van der Waals surface area contributed by atoms with Crippen molar-refractivity contribution in [3.05, 3.63) is 89.6 Å². The largest absolute Gasteiger partial charge is 0.494 e. The van der Waals surface area contributed by atoms with Gasteiger partial charge in [0.05, 0.1) is 30.6 Å².